The van der Waals surface area contributed by atoms with Crippen molar-refractivity contribution in [1.82, 2.24) is 10.6 Å². The van der Waals surface area contributed by atoms with Crippen LogP contribution in [0.1, 0.15) is 23.5 Å². The number of hydrogen-bond acceptors (Lipinski definition) is 4. The van der Waals surface area contributed by atoms with Crippen molar-refractivity contribution >= 4 is 57.0 Å². The minimum Gasteiger partial charge on any atom is -0.386 e. The number of rotatable bonds is 7. The molecular weight excluding hydrogens is 519 g/mol. The predicted octanol–water partition coefficient (Wildman–Crippen LogP) is 4.68. The summed E-state index contributed by atoms with van der Waals surface area (Å²) in [7, 11) is 0. The van der Waals surface area contributed by atoms with E-state index in [-0.39, 0.29) is 24.0 Å². The van der Waals surface area contributed by atoms with E-state index < -0.39 is 6.10 Å². The lowest BCUT2D eigenvalue weighted by atomic mass is 10.2. The molecule has 0 saturated heterocycles. The SMILES string of the molecule is CCNC(=NCc1ccc(N2CC=CC2)cc1)NCC(O)c1cc2ccccc2s1.I. The number of benzene rings is 2. The molecule has 0 amide bonds. The van der Waals surface area contributed by atoms with E-state index in [1.54, 1.807) is 11.3 Å². The topological polar surface area (TPSA) is 59.9 Å². The van der Waals surface area contributed by atoms with Gasteiger partial charge in [0.1, 0.15) is 6.10 Å². The largest absolute Gasteiger partial charge is 0.386 e. The fourth-order valence-electron chi connectivity index (χ4n) is 3.47. The van der Waals surface area contributed by atoms with Gasteiger partial charge in [0.25, 0.3) is 0 Å². The van der Waals surface area contributed by atoms with E-state index in [0.717, 1.165) is 30.1 Å². The maximum absolute atomic E-state index is 10.6. The summed E-state index contributed by atoms with van der Waals surface area (Å²) in [6.45, 7) is 5.78. The van der Waals surface area contributed by atoms with Crippen LogP contribution < -0.4 is 15.5 Å². The van der Waals surface area contributed by atoms with Crippen LogP contribution in [0.5, 0.6) is 0 Å². The Morgan fingerprint density at radius 2 is 1.84 bits per heavy atom. The zero-order chi connectivity index (χ0) is 20.8. The van der Waals surface area contributed by atoms with Crippen molar-refractivity contribution in [2.24, 2.45) is 4.99 Å². The van der Waals surface area contributed by atoms with Gasteiger partial charge in [0, 0.05) is 41.4 Å². The summed E-state index contributed by atoms with van der Waals surface area (Å²) in [5, 5.41) is 18.3. The van der Waals surface area contributed by atoms with E-state index in [0.29, 0.717) is 19.0 Å². The molecule has 5 nitrogen and oxygen atoms in total. The van der Waals surface area contributed by atoms with E-state index in [2.05, 4.69) is 75.1 Å². The summed E-state index contributed by atoms with van der Waals surface area (Å²) < 4.78 is 1.19. The number of halogens is 1. The highest BCUT2D eigenvalue weighted by molar-refractivity contribution is 14.0. The molecule has 3 N–H and O–H groups in total. The quantitative estimate of drug-likeness (QED) is 0.174. The van der Waals surface area contributed by atoms with Crippen LogP contribution in [0.15, 0.2) is 71.7 Å². The van der Waals surface area contributed by atoms with E-state index >= 15 is 0 Å². The molecule has 0 spiro atoms. The van der Waals surface area contributed by atoms with Crippen LogP contribution >= 0.6 is 35.3 Å². The summed E-state index contributed by atoms with van der Waals surface area (Å²) >= 11 is 1.63. The fourth-order valence-corrected chi connectivity index (χ4v) is 4.52. The number of aliphatic imine (C=N–C) groups is 1. The minimum atomic E-state index is -0.570. The normalized spacial score (nSPS) is 14.5. The zero-order valence-electron chi connectivity index (χ0n) is 17.6. The number of aliphatic hydroxyl groups is 1. The van der Waals surface area contributed by atoms with Gasteiger partial charge in [-0.3, -0.25) is 0 Å². The van der Waals surface area contributed by atoms with Crippen LogP contribution in [-0.2, 0) is 6.54 Å². The maximum atomic E-state index is 10.6. The maximum Gasteiger partial charge on any atom is 0.191 e. The van der Waals surface area contributed by atoms with Crippen molar-refractivity contribution in [1.29, 1.82) is 0 Å². The number of guanidine groups is 1. The van der Waals surface area contributed by atoms with Gasteiger partial charge in [-0.2, -0.15) is 0 Å². The molecule has 0 saturated carbocycles. The average Bonchev–Trinajstić information content (AvgIpc) is 3.46. The number of thiophene rings is 1. The Hall–Kier alpha value is -2.10. The number of anilines is 1. The molecule has 2 aromatic carbocycles. The Labute approximate surface area is 204 Å². The van der Waals surface area contributed by atoms with Gasteiger partial charge in [-0.05, 0) is 42.1 Å². The van der Waals surface area contributed by atoms with Crippen LogP contribution in [0.2, 0.25) is 0 Å². The molecule has 1 atom stereocenters. The first-order chi connectivity index (χ1) is 14.7. The molecule has 1 aromatic heterocycles. The molecule has 31 heavy (non-hydrogen) atoms. The second-order valence-corrected chi connectivity index (χ2v) is 8.44. The number of hydrogen-bond donors (Lipinski definition) is 3. The summed E-state index contributed by atoms with van der Waals surface area (Å²) in [4.78, 5) is 7.97. The fraction of sp³-hybridized carbons (Fsp3) is 0.292. The van der Waals surface area contributed by atoms with E-state index in [9.17, 15) is 5.11 Å². The second kappa shape index (κ2) is 11.5. The molecule has 0 aliphatic carbocycles. The Kier molecular flexibility index (Phi) is 8.74. The third-order valence-electron chi connectivity index (χ3n) is 5.12. The molecule has 164 valence electrons. The molecule has 7 heteroatoms. The monoisotopic (exact) mass is 548 g/mol. The van der Waals surface area contributed by atoms with Crippen LogP contribution in [0.4, 0.5) is 5.69 Å². The molecule has 0 radical (unpaired) electrons. The Bertz CT molecular complexity index is 990. The zero-order valence-corrected chi connectivity index (χ0v) is 20.8. The third kappa shape index (κ3) is 6.21. The third-order valence-corrected chi connectivity index (χ3v) is 6.34. The summed E-state index contributed by atoms with van der Waals surface area (Å²) in [5.41, 5.74) is 2.40. The number of aliphatic hydroxyl groups excluding tert-OH is 1. The summed E-state index contributed by atoms with van der Waals surface area (Å²) in [5.74, 6) is 0.713. The van der Waals surface area contributed by atoms with Gasteiger partial charge >= 0.3 is 0 Å². The van der Waals surface area contributed by atoms with Gasteiger partial charge in [0.2, 0.25) is 0 Å². The Balaban J connectivity index is 0.00000272. The molecule has 4 rings (SSSR count). The van der Waals surface area contributed by atoms with Crippen LogP contribution in [0, 0.1) is 0 Å². The lowest BCUT2D eigenvalue weighted by molar-refractivity contribution is 0.184. The molecule has 1 aliphatic heterocycles. The molecule has 2 heterocycles. The molecule has 0 fully saturated rings. The Morgan fingerprint density at radius 1 is 1.10 bits per heavy atom. The van der Waals surface area contributed by atoms with E-state index in [4.69, 9.17) is 0 Å². The van der Waals surface area contributed by atoms with Gasteiger partial charge in [-0.15, -0.1) is 35.3 Å². The highest BCUT2D eigenvalue weighted by Gasteiger charge is 2.12. The van der Waals surface area contributed by atoms with Gasteiger partial charge in [0.05, 0.1) is 6.54 Å². The van der Waals surface area contributed by atoms with E-state index in [1.165, 1.54) is 15.8 Å². The average molecular weight is 548 g/mol. The van der Waals surface area contributed by atoms with Crippen molar-refractivity contribution < 1.29 is 5.11 Å². The molecule has 0 bridgehead atoms. The van der Waals surface area contributed by atoms with Crippen LogP contribution in [0.3, 0.4) is 0 Å². The van der Waals surface area contributed by atoms with Gasteiger partial charge < -0.3 is 20.6 Å². The first kappa shape index (κ1) is 23.6. The van der Waals surface area contributed by atoms with Crippen molar-refractivity contribution in [3.8, 4) is 0 Å². The van der Waals surface area contributed by atoms with E-state index in [1.807, 2.05) is 19.1 Å². The van der Waals surface area contributed by atoms with Crippen LogP contribution in [0.25, 0.3) is 10.1 Å². The lowest BCUT2D eigenvalue weighted by Crippen LogP contribution is -2.39. The summed E-state index contributed by atoms with van der Waals surface area (Å²) in [6.07, 6.45) is 3.82. The van der Waals surface area contributed by atoms with Crippen molar-refractivity contribution in [2.45, 2.75) is 19.6 Å². The van der Waals surface area contributed by atoms with Crippen molar-refractivity contribution in [3.63, 3.8) is 0 Å². The first-order valence-corrected chi connectivity index (χ1v) is 11.2. The first-order valence-electron chi connectivity index (χ1n) is 10.4. The number of fused-ring (bicyclic) bond motifs is 1. The van der Waals surface area contributed by atoms with Gasteiger partial charge in [0.15, 0.2) is 5.96 Å². The lowest BCUT2D eigenvalue weighted by Gasteiger charge is -2.17. The minimum absolute atomic E-state index is 0. The predicted molar refractivity (Wildman–Crippen MR) is 143 cm³/mol. The van der Waals surface area contributed by atoms with Crippen molar-refractivity contribution in [3.05, 3.63) is 77.2 Å². The van der Waals surface area contributed by atoms with Gasteiger partial charge in [-0.25, -0.2) is 4.99 Å². The molecule has 1 aliphatic rings. The highest BCUT2D eigenvalue weighted by atomic mass is 127. The number of nitrogens with one attached hydrogen (secondary N) is 2. The standard InChI is InChI=1S/C24H28N4OS.HI/c1-2-25-24(26-16-18-9-11-20(12-10-18)28-13-5-6-14-28)27-17-21(29)23-15-19-7-3-4-8-22(19)30-23;/h3-12,15,21,29H,2,13-14,16-17H2,1H3,(H2,25,26,27);1H. The molecule has 3 aromatic rings. The Morgan fingerprint density at radius 3 is 2.55 bits per heavy atom. The molecule has 1 unspecified atom stereocenters. The number of nitrogens with zero attached hydrogens (tertiary/aromatic N) is 2. The highest BCUT2D eigenvalue weighted by Crippen LogP contribution is 2.29. The summed E-state index contributed by atoms with van der Waals surface area (Å²) in [6, 6.07) is 18.8. The van der Waals surface area contributed by atoms with Crippen LogP contribution in [-0.4, -0.2) is 37.2 Å². The van der Waals surface area contributed by atoms with Crippen molar-refractivity contribution in [2.75, 3.05) is 31.1 Å². The second-order valence-electron chi connectivity index (χ2n) is 7.32. The molecular formula is C24H29IN4OS. The smallest absolute Gasteiger partial charge is 0.191 e. The van der Waals surface area contributed by atoms with Gasteiger partial charge in [-0.1, -0.05) is 42.5 Å².